The van der Waals surface area contributed by atoms with E-state index in [-0.39, 0.29) is 4.95 Å². The van der Waals surface area contributed by atoms with Crippen LogP contribution in [0.2, 0.25) is 10.0 Å². The molecule has 140 valence electrons. The molecule has 0 aromatic heterocycles. The number of nitrogens with one attached hydrogen (secondary N) is 1. The fourth-order valence-corrected chi connectivity index (χ4v) is 3.65. The number of hydrogen-bond acceptors (Lipinski definition) is 2. The van der Waals surface area contributed by atoms with Crippen LogP contribution in [0.4, 0.5) is 0 Å². The summed E-state index contributed by atoms with van der Waals surface area (Å²) in [6.07, 6.45) is 0.899. The Bertz CT molecular complexity index is 870. The Kier molecular flexibility index (Phi) is 7.59. The standard InChI is InChI=1S/C22H20BrCl2NO/c23-22(26-13-12-16-4-3-5-19(25)14-16)20-6-1-2-7-21(20)27-15-17-8-10-18(24)11-9-17/h1-11,14,22,26H,12-13,15H2. The topological polar surface area (TPSA) is 21.3 Å². The van der Waals surface area contributed by atoms with Crippen LogP contribution in [0.15, 0.2) is 72.8 Å². The molecule has 0 heterocycles. The Morgan fingerprint density at radius 1 is 0.852 bits per heavy atom. The van der Waals surface area contributed by atoms with Gasteiger partial charge < -0.3 is 10.1 Å². The van der Waals surface area contributed by atoms with E-state index < -0.39 is 0 Å². The van der Waals surface area contributed by atoms with Crippen molar-refractivity contribution in [3.05, 3.63) is 99.5 Å². The molecule has 0 aliphatic carbocycles. The predicted octanol–water partition coefficient (Wildman–Crippen LogP) is 6.80. The summed E-state index contributed by atoms with van der Waals surface area (Å²) >= 11 is 15.7. The summed E-state index contributed by atoms with van der Waals surface area (Å²) < 4.78 is 6.03. The van der Waals surface area contributed by atoms with Crippen LogP contribution in [-0.2, 0) is 13.0 Å². The highest BCUT2D eigenvalue weighted by Gasteiger charge is 2.12. The molecule has 27 heavy (non-hydrogen) atoms. The average Bonchev–Trinajstić information content (AvgIpc) is 2.68. The monoisotopic (exact) mass is 463 g/mol. The van der Waals surface area contributed by atoms with E-state index in [4.69, 9.17) is 27.9 Å². The summed E-state index contributed by atoms with van der Waals surface area (Å²) in [7, 11) is 0. The van der Waals surface area contributed by atoms with Gasteiger partial charge in [-0.15, -0.1) is 0 Å². The molecule has 0 spiro atoms. The third-order valence-corrected chi connectivity index (χ3v) is 5.43. The van der Waals surface area contributed by atoms with Crippen molar-refractivity contribution in [2.24, 2.45) is 0 Å². The molecular weight excluding hydrogens is 445 g/mol. The molecule has 1 atom stereocenters. The van der Waals surface area contributed by atoms with E-state index in [9.17, 15) is 0 Å². The van der Waals surface area contributed by atoms with Crippen LogP contribution in [0.1, 0.15) is 21.6 Å². The van der Waals surface area contributed by atoms with Gasteiger partial charge in [-0.1, -0.05) is 81.6 Å². The van der Waals surface area contributed by atoms with E-state index in [2.05, 4.69) is 33.4 Å². The molecule has 0 fully saturated rings. The fourth-order valence-electron chi connectivity index (χ4n) is 2.71. The van der Waals surface area contributed by atoms with E-state index in [0.717, 1.165) is 39.9 Å². The van der Waals surface area contributed by atoms with Crippen molar-refractivity contribution in [2.75, 3.05) is 6.54 Å². The number of rotatable bonds is 8. The lowest BCUT2D eigenvalue weighted by Crippen LogP contribution is -2.20. The summed E-state index contributed by atoms with van der Waals surface area (Å²) in [5, 5.41) is 4.98. The summed E-state index contributed by atoms with van der Waals surface area (Å²) in [5.41, 5.74) is 3.36. The Morgan fingerprint density at radius 2 is 1.63 bits per heavy atom. The molecule has 3 rings (SSSR count). The van der Waals surface area contributed by atoms with Crippen molar-refractivity contribution in [3.63, 3.8) is 0 Å². The van der Waals surface area contributed by atoms with E-state index >= 15 is 0 Å². The minimum Gasteiger partial charge on any atom is -0.489 e. The Hall–Kier alpha value is -1.52. The highest BCUT2D eigenvalue weighted by molar-refractivity contribution is 9.09. The van der Waals surface area contributed by atoms with E-state index in [1.54, 1.807) is 0 Å². The number of hydrogen-bond donors (Lipinski definition) is 1. The largest absolute Gasteiger partial charge is 0.489 e. The molecule has 2 nitrogen and oxygen atoms in total. The molecule has 5 heteroatoms. The van der Waals surface area contributed by atoms with Gasteiger partial charge >= 0.3 is 0 Å². The second kappa shape index (κ2) is 10.1. The molecule has 0 radical (unpaired) electrons. The second-order valence-electron chi connectivity index (χ2n) is 6.15. The highest BCUT2D eigenvalue weighted by Crippen LogP contribution is 2.29. The van der Waals surface area contributed by atoms with E-state index in [1.807, 2.05) is 60.7 Å². The van der Waals surface area contributed by atoms with Gasteiger partial charge in [0.05, 0.1) is 4.95 Å². The third kappa shape index (κ3) is 6.25. The number of benzene rings is 3. The normalized spacial score (nSPS) is 12.0. The Morgan fingerprint density at radius 3 is 2.41 bits per heavy atom. The number of halogens is 3. The van der Waals surface area contributed by atoms with Crippen molar-refractivity contribution in [2.45, 2.75) is 18.0 Å². The van der Waals surface area contributed by atoms with Crippen LogP contribution in [0, 0.1) is 0 Å². The molecule has 0 amide bonds. The van der Waals surface area contributed by atoms with Crippen LogP contribution < -0.4 is 10.1 Å². The highest BCUT2D eigenvalue weighted by atomic mass is 79.9. The SMILES string of the molecule is Clc1ccc(COc2ccccc2C(Br)NCCc2cccc(Cl)c2)cc1. The lowest BCUT2D eigenvalue weighted by atomic mass is 10.1. The van der Waals surface area contributed by atoms with Crippen LogP contribution in [-0.4, -0.2) is 6.54 Å². The molecule has 1 N–H and O–H groups in total. The molecule has 0 saturated heterocycles. The minimum atomic E-state index is -0.00176. The van der Waals surface area contributed by atoms with Crippen molar-refractivity contribution in [3.8, 4) is 5.75 Å². The maximum absolute atomic E-state index is 6.04. The number of alkyl halides is 1. The van der Waals surface area contributed by atoms with Gasteiger partial charge in [0.25, 0.3) is 0 Å². The van der Waals surface area contributed by atoms with E-state index in [1.165, 1.54) is 5.56 Å². The molecule has 3 aromatic rings. The third-order valence-electron chi connectivity index (χ3n) is 4.13. The quantitative estimate of drug-likeness (QED) is 0.292. The Labute approximate surface area is 178 Å². The first kappa shape index (κ1) is 20.2. The summed E-state index contributed by atoms with van der Waals surface area (Å²) in [4.78, 5) is -0.00176. The van der Waals surface area contributed by atoms with Gasteiger partial charge in [-0.3, -0.25) is 0 Å². The van der Waals surface area contributed by atoms with Crippen molar-refractivity contribution in [1.29, 1.82) is 0 Å². The zero-order valence-electron chi connectivity index (χ0n) is 14.7. The van der Waals surface area contributed by atoms with Crippen molar-refractivity contribution in [1.82, 2.24) is 5.32 Å². The van der Waals surface area contributed by atoms with Crippen molar-refractivity contribution < 1.29 is 4.74 Å². The van der Waals surface area contributed by atoms with E-state index in [0.29, 0.717) is 6.61 Å². The molecule has 3 aromatic carbocycles. The molecule has 0 saturated carbocycles. The summed E-state index contributed by atoms with van der Waals surface area (Å²) in [6, 6.07) is 23.7. The average molecular weight is 465 g/mol. The van der Waals surface area contributed by atoms with Crippen LogP contribution in [0.3, 0.4) is 0 Å². The van der Waals surface area contributed by atoms with Crippen molar-refractivity contribution >= 4 is 39.1 Å². The summed E-state index contributed by atoms with van der Waals surface area (Å²) in [6.45, 7) is 1.32. The lowest BCUT2D eigenvalue weighted by Gasteiger charge is -2.17. The molecule has 0 bridgehead atoms. The van der Waals surface area contributed by atoms with Crippen LogP contribution in [0.5, 0.6) is 5.75 Å². The van der Waals surface area contributed by atoms with Gasteiger partial charge in [-0.2, -0.15) is 0 Å². The fraction of sp³-hybridized carbons (Fsp3) is 0.182. The first-order chi connectivity index (χ1) is 13.1. The van der Waals surface area contributed by atoms with Gasteiger partial charge in [-0.05, 0) is 47.9 Å². The molecular formula is C22H20BrCl2NO. The number of para-hydroxylation sites is 1. The molecule has 1 unspecified atom stereocenters. The van der Waals surface area contributed by atoms with Gasteiger partial charge in [0, 0.05) is 22.2 Å². The van der Waals surface area contributed by atoms with Gasteiger partial charge in [-0.25, -0.2) is 0 Å². The Balaban J connectivity index is 1.57. The molecule has 0 aliphatic heterocycles. The first-order valence-corrected chi connectivity index (χ1v) is 10.4. The van der Waals surface area contributed by atoms with Gasteiger partial charge in [0.1, 0.15) is 12.4 Å². The van der Waals surface area contributed by atoms with Gasteiger partial charge in [0.15, 0.2) is 0 Å². The minimum absolute atomic E-state index is 0.00176. The lowest BCUT2D eigenvalue weighted by molar-refractivity contribution is 0.302. The van der Waals surface area contributed by atoms with Crippen LogP contribution in [0.25, 0.3) is 0 Å². The zero-order chi connectivity index (χ0) is 19.1. The van der Waals surface area contributed by atoms with Gasteiger partial charge in [0.2, 0.25) is 0 Å². The van der Waals surface area contributed by atoms with Crippen LogP contribution >= 0.6 is 39.1 Å². The summed E-state index contributed by atoms with van der Waals surface area (Å²) in [5.74, 6) is 0.851. The predicted molar refractivity (Wildman–Crippen MR) is 117 cm³/mol. The smallest absolute Gasteiger partial charge is 0.125 e. The number of ether oxygens (including phenoxy) is 1. The first-order valence-electron chi connectivity index (χ1n) is 8.70. The maximum Gasteiger partial charge on any atom is 0.125 e. The zero-order valence-corrected chi connectivity index (χ0v) is 17.8. The molecule has 0 aliphatic rings. The maximum atomic E-state index is 6.04. The second-order valence-corrected chi connectivity index (χ2v) is 7.94.